The average molecular weight is 546 g/mol. The molecule has 1 amide bonds. The molecule has 5 nitrogen and oxygen atoms in total. The second-order valence-corrected chi connectivity index (χ2v) is 13.0. The molecule has 2 aromatic rings. The van der Waals surface area contributed by atoms with Crippen molar-refractivity contribution >= 4 is 5.91 Å². The zero-order valence-corrected chi connectivity index (χ0v) is 25.2. The number of benzene rings is 2. The van der Waals surface area contributed by atoms with Crippen LogP contribution in [0, 0.1) is 6.92 Å². The fourth-order valence-corrected chi connectivity index (χ4v) is 7.29. The van der Waals surface area contributed by atoms with Crippen LogP contribution in [-0.4, -0.2) is 78.6 Å². The van der Waals surface area contributed by atoms with E-state index in [1.54, 1.807) is 0 Å². The van der Waals surface area contributed by atoms with Gasteiger partial charge in [-0.25, -0.2) is 0 Å². The summed E-state index contributed by atoms with van der Waals surface area (Å²) >= 11 is 0. The van der Waals surface area contributed by atoms with Gasteiger partial charge < -0.3 is 19.4 Å². The summed E-state index contributed by atoms with van der Waals surface area (Å²) < 4.78 is 5.88. The molecule has 0 aliphatic carbocycles. The predicted octanol–water partition coefficient (Wildman–Crippen LogP) is 6.23. The van der Waals surface area contributed by atoms with E-state index in [-0.39, 0.29) is 17.4 Å². The number of hydrogen-bond donors (Lipinski definition) is 0. The minimum atomic E-state index is 0.0218. The smallest absolute Gasteiger partial charge is 0.227 e. The fraction of sp³-hybridized carbons (Fsp3) is 0.629. The van der Waals surface area contributed by atoms with Crippen molar-refractivity contribution in [1.29, 1.82) is 0 Å². The number of carbonyl (C=O) groups excluding carboxylic acids is 1. The van der Waals surface area contributed by atoms with E-state index in [4.69, 9.17) is 4.74 Å². The lowest BCUT2D eigenvalue weighted by atomic mass is 9.71. The summed E-state index contributed by atoms with van der Waals surface area (Å²) in [6.45, 7) is 14.1. The monoisotopic (exact) mass is 545 g/mol. The normalized spacial score (nSPS) is 23.4. The summed E-state index contributed by atoms with van der Waals surface area (Å²) in [5, 5.41) is 0. The third-order valence-electron chi connectivity index (χ3n) is 9.59. The third-order valence-corrected chi connectivity index (χ3v) is 9.59. The van der Waals surface area contributed by atoms with Gasteiger partial charge in [0.15, 0.2) is 0 Å². The first-order valence-electron chi connectivity index (χ1n) is 16.0. The van der Waals surface area contributed by atoms with Crippen molar-refractivity contribution in [1.82, 2.24) is 14.7 Å². The molecular formula is C35H51N3O2. The molecule has 40 heavy (non-hydrogen) atoms. The molecule has 0 spiro atoms. The van der Waals surface area contributed by atoms with Crippen LogP contribution in [0.15, 0.2) is 48.5 Å². The number of hydrogen-bond acceptors (Lipinski definition) is 4. The molecule has 0 N–H and O–H groups in total. The highest BCUT2D eigenvalue weighted by atomic mass is 16.5. The highest BCUT2D eigenvalue weighted by Gasteiger charge is 2.39. The quantitative estimate of drug-likeness (QED) is 0.375. The van der Waals surface area contributed by atoms with Crippen LogP contribution < -0.4 is 4.74 Å². The van der Waals surface area contributed by atoms with E-state index in [0.717, 1.165) is 56.3 Å². The topological polar surface area (TPSA) is 36.0 Å². The van der Waals surface area contributed by atoms with Crippen molar-refractivity contribution < 1.29 is 9.53 Å². The summed E-state index contributed by atoms with van der Waals surface area (Å²) in [6, 6.07) is 18.0. The summed E-state index contributed by atoms with van der Waals surface area (Å²) in [6.07, 6.45) is 10.7. The van der Waals surface area contributed by atoms with Crippen LogP contribution in [0.25, 0.3) is 0 Å². The molecule has 0 bridgehead atoms. The Kier molecular flexibility index (Phi) is 9.85. The van der Waals surface area contributed by atoms with Crippen LogP contribution in [0.2, 0.25) is 0 Å². The van der Waals surface area contributed by atoms with Crippen LogP contribution in [0.5, 0.6) is 5.75 Å². The van der Waals surface area contributed by atoms with Crippen molar-refractivity contribution in [3.05, 3.63) is 65.2 Å². The molecule has 3 heterocycles. The molecule has 0 saturated carbocycles. The summed E-state index contributed by atoms with van der Waals surface area (Å²) in [4.78, 5) is 21.3. The zero-order valence-electron chi connectivity index (χ0n) is 25.2. The number of piperidine rings is 3. The second-order valence-electron chi connectivity index (χ2n) is 13.0. The first-order valence-corrected chi connectivity index (χ1v) is 16.0. The largest absolute Gasteiger partial charge is 0.491 e. The molecule has 5 rings (SSSR count). The Bertz CT molecular complexity index is 1090. The summed E-state index contributed by atoms with van der Waals surface area (Å²) in [7, 11) is 0. The Labute approximate surface area is 242 Å². The first kappa shape index (κ1) is 29.1. The first-order chi connectivity index (χ1) is 19.4. The number of aryl methyl sites for hydroxylation is 1. The average Bonchev–Trinajstić information content (AvgIpc) is 2.97. The molecular weight excluding hydrogens is 494 g/mol. The molecule has 3 aliphatic heterocycles. The summed E-state index contributed by atoms with van der Waals surface area (Å²) in [5.41, 5.74) is 3.76. The highest BCUT2D eigenvalue weighted by Crippen LogP contribution is 2.38. The van der Waals surface area contributed by atoms with Crippen LogP contribution in [0.3, 0.4) is 0 Å². The predicted molar refractivity (Wildman–Crippen MR) is 164 cm³/mol. The second kappa shape index (κ2) is 13.5. The minimum absolute atomic E-state index is 0.0218. The lowest BCUT2D eigenvalue weighted by Crippen LogP contribution is -2.51. The van der Waals surface area contributed by atoms with Crippen molar-refractivity contribution in [2.45, 2.75) is 96.1 Å². The molecule has 3 aliphatic rings. The molecule has 3 fully saturated rings. The number of likely N-dealkylation sites (tertiary alicyclic amines) is 3. The van der Waals surface area contributed by atoms with Gasteiger partial charge in [-0.3, -0.25) is 4.79 Å². The number of rotatable bonds is 9. The van der Waals surface area contributed by atoms with Crippen molar-refractivity contribution in [2.24, 2.45) is 0 Å². The SMILES string of the molecule is Cc1ccc(C2(CCN3CCC(N4CCCCC4)CC3)CCCN(C(=O)Cc3cccc(OC(C)C)c3)C2)cc1. The maximum Gasteiger partial charge on any atom is 0.227 e. The van der Waals surface area contributed by atoms with E-state index in [1.807, 2.05) is 32.0 Å². The highest BCUT2D eigenvalue weighted by molar-refractivity contribution is 5.79. The van der Waals surface area contributed by atoms with Gasteiger partial charge in [0.05, 0.1) is 12.5 Å². The number of carbonyl (C=O) groups is 1. The third kappa shape index (κ3) is 7.47. The van der Waals surface area contributed by atoms with Crippen molar-refractivity contribution in [3.8, 4) is 5.75 Å². The van der Waals surface area contributed by atoms with Gasteiger partial charge in [0.2, 0.25) is 5.91 Å². The van der Waals surface area contributed by atoms with E-state index in [0.29, 0.717) is 6.42 Å². The standard InChI is InChI=1S/C35H51N3O2/c1-28(2)40-33-10-7-9-30(25-33)26-34(39)38-21-8-17-35(27-38,31-13-11-29(3)12-14-31)18-24-36-22-15-32(16-23-36)37-19-5-4-6-20-37/h7,9-14,25,28,32H,4-6,8,15-24,26-27H2,1-3H3. The maximum atomic E-state index is 13.6. The summed E-state index contributed by atoms with van der Waals surface area (Å²) in [5.74, 6) is 1.08. The van der Waals surface area contributed by atoms with E-state index in [2.05, 4.69) is 52.0 Å². The van der Waals surface area contributed by atoms with Gasteiger partial charge in [-0.1, -0.05) is 48.4 Å². The van der Waals surface area contributed by atoms with Crippen LogP contribution in [0.1, 0.15) is 81.9 Å². The van der Waals surface area contributed by atoms with Gasteiger partial charge in [0.25, 0.3) is 0 Å². The Hall–Kier alpha value is -2.37. The van der Waals surface area contributed by atoms with Gasteiger partial charge in [-0.05, 0) is 122 Å². The van der Waals surface area contributed by atoms with Crippen LogP contribution in [-0.2, 0) is 16.6 Å². The molecule has 0 aromatic heterocycles. The van der Waals surface area contributed by atoms with Gasteiger partial charge in [-0.15, -0.1) is 0 Å². The fourth-order valence-electron chi connectivity index (χ4n) is 7.29. The Morgan fingerprint density at radius 2 is 1.70 bits per heavy atom. The Morgan fingerprint density at radius 3 is 2.42 bits per heavy atom. The molecule has 1 atom stereocenters. The van der Waals surface area contributed by atoms with Gasteiger partial charge in [0, 0.05) is 24.5 Å². The van der Waals surface area contributed by atoms with E-state index < -0.39 is 0 Å². The number of ether oxygens (including phenoxy) is 1. The van der Waals surface area contributed by atoms with E-state index >= 15 is 0 Å². The van der Waals surface area contributed by atoms with Crippen molar-refractivity contribution in [3.63, 3.8) is 0 Å². The van der Waals surface area contributed by atoms with E-state index in [1.165, 1.54) is 69.4 Å². The Balaban J connectivity index is 1.24. The molecule has 218 valence electrons. The van der Waals surface area contributed by atoms with Crippen molar-refractivity contribution in [2.75, 3.05) is 45.8 Å². The molecule has 1 unspecified atom stereocenters. The maximum absolute atomic E-state index is 13.6. The molecule has 2 aromatic carbocycles. The van der Waals surface area contributed by atoms with Gasteiger partial charge in [0.1, 0.15) is 5.75 Å². The minimum Gasteiger partial charge on any atom is -0.491 e. The number of amides is 1. The molecule has 3 saturated heterocycles. The van der Waals surface area contributed by atoms with Gasteiger partial charge >= 0.3 is 0 Å². The Morgan fingerprint density at radius 1 is 0.950 bits per heavy atom. The van der Waals surface area contributed by atoms with Gasteiger partial charge in [-0.2, -0.15) is 0 Å². The lowest BCUT2D eigenvalue weighted by molar-refractivity contribution is -0.132. The lowest BCUT2D eigenvalue weighted by Gasteiger charge is -2.45. The number of nitrogens with zero attached hydrogens (tertiary/aromatic N) is 3. The van der Waals surface area contributed by atoms with E-state index in [9.17, 15) is 4.79 Å². The molecule has 5 heteroatoms. The molecule has 0 radical (unpaired) electrons. The van der Waals surface area contributed by atoms with Crippen LogP contribution >= 0.6 is 0 Å². The van der Waals surface area contributed by atoms with Crippen LogP contribution in [0.4, 0.5) is 0 Å². The zero-order chi connectivity index (χ0) is 28.0.